The molecule has 0 saturated heterocycles. The smallest absolute Gasteiger partial charge is 0.278 e. The van der Waals surface area contributed by atoms with E-state index in [-0.39, 0.29) is 5.91 Å². The molecule has 0 aliphatic carbocycles. The highest BCUT2D eigenvalue weighted by Gasteiger charge is 2.25. The minimum Gasteiger partial charge on any atom is -0.308 e. The van der Waals surface area contributed by atoms with Gasteiger partial charge in [0.15, 0.2) is 5.13 Å². The van der Waals surface area contributed by atoms with Crippen LogP contribution in [0.4, 0.5) is 5.13 Å². The van der Waals surface area contributed by atoms with E-state index in [9.17, 15) is 4.79 Å². The van der Waals surface area contributed by atoms with Crippen molar-refractivity contribution in [3.05, 3.63) is 40.7 Å². The van der Waals surface area contributed by atoms with Crippen LogP contribution in [0.3, 0.4) is 0 Å². The molecule has 27 heavy (non-hydrogen) atoms. The number of anilines is 1. The van der Waals surface area contributed by atoms with E-state index in [1.807, 2.05) is 34.0 Å². The van der Waals surface area contributed by atoms with Gasteiger partial charge in [0.1, 0.15) is 5.69 Å². The summed E-state index contributed by atoms with van der Waals surface area (Å²) in [5, 5.41) is 5.17. The largest absolute Gasteiger partial charge is 0.308 e. The average Bonchev–Trinajstić information content (AvgIpc) is 3.18. The Kier molecular flexibility index (Phi) is 5.62. The zero-order chi connectivity index (χ0) is 19.7. The van der Waals surface area contributed by atoms with Crippen LogP contribution in [0.25, 0.3) is 10.2 Å². The fourth-order valence-electron chi connectivity index (χ4n) is 3.16. The molecular formula is C20H27N5OS. The summed E-state index contributed by atoms with van der Waals surface area (Å²) in [7, 11) is 4.02. The number of carbonyl (C=O) groups is 1. The zero-order valence-electron chi connectivity index (χ0n) is 16.9. The van der Waals surface area contributed by atoms with E-state index in [2.05, 4.69) is 36.0 Å². The van der Waals surface area contributed by atoms with Gasteiger partial charge in [-0.15, -0.1) is 0 Å². The van der Waals surface area contributed by atoms with Crippen molar-refractivity contribution in [3.8, 4) is 0 Å². The van der Waals surface area contributed by atoms with Crippen LogP contribution in [0.15, 0.2) is 18.2 Å². The molecule has 2 aromatic heterocycles. The van der Waals surface area contributed by atoms with Gasteiger partial charge in [-0.05, 0) is 65.0 Å². The minimum absolute atomic E-state index is 0.0484. The summed E-state index contributed by atoms with van der Waals surface area (Å²) in [6.45, 7) is 10.1. The van der Waals surface area contributed by atoms with Crippen LogP contribution in [-0.4, -0.2) is 52.8 Å². The van der Waals surface area contributed by atoms with Gasteiger partial charge in [0.05, 0.1) is 15.9 Å². The Morgan fingerprint density at radius 2 is 1.89 bits per heavy atom. The Labute approximate surface area is 164 Å². The highest BCUT2D eigenvalue weighted by atomic mass is 32.1. The van der Waals surface area contributed by atoms with Gasteiger partial charge in [0, 0.05) is 19.6 Å². The fraction of sp³-hybridized carbons (Fsp3) is 0.450. The summed E-state index contributed by atoms with van der Waals surface area (Å²) in [6.07, 6.45) is 0. The second-order valence-electron chi connectivity index (χ2n) is 7.17. The molecule has 0 atom stereocenters. The third-order valence-corrected chi connectivity index (χ3v) is 5.71. The molecular weight excluding hydrogens is 358 g/mol. The van der Waals surface area contributed by atoms with Crippen molar-refractivity contribution in [1.82, 2.24) is 19.7 Å². The molecule has 0 radical (unpaired) electrons. The van der Waals surface area contributed by atoms with Crippen LogP contribution in [0.1, 0.15) is 34.2 Å². The van der Waals surface area contributed by atoms with Gasteiger partial charge in [-0.2, -0.15) is 5.10 Å². The van der Waals surface area contributed by atoms with Gasteiger partial charge in [0.2, 0.25) is 0 Å². The van der Waals surface area contributed by atoms with Gasteiger partial charge in [-0.1, -0.05) is 17.4 Å². The number of thiazole rings is 1. The van der Waals surface area contributed by atoms with Gasteiger partial charge in [-0.25, -0.2) is 4.98 Å². The Morgan fingerprint density at radius 3 is 2.56 bits per heavy atom. The number of rotatable bonds is 6. The summed E-state index contributed by atoms with van der Waals surface area (Å²) >= 11 is 1.58. The number of nitrogens with zero attached hydrogens (tertiary/aromatic N) is 5. The van der Waals surface area contributed by atoms with Gasteiger partial charge < -0.3 is 4.90 Å². The van der Waals surface area contributed by atoms with E-state index >= 15 is 0 Å². The number of carbonyl (C=O) groups excluding carboxylic acids is 1. The first-order valence-corrected chi connectivity index (χ1v) is 10.0. The molecule has 0 aliphatic heterocycles. The molecule has 7 heteroatoms. The molecule has 1 amide bonds. The number of fused-ring (bicyclic) bond motifs is 1. The van der Waals surface area contributed by atoms with E-state index in [0.29, 0.717) is 18.8 Å². The van der Waals surface area contributed by atoms with E-state index in [1.165, 1.54) is 11.1 Å². The standard InChI is InChI=1S/C20H27N5OS/c1-7-25-17(12-15(4)22-25)19(26)24(9-8-23(5)6)20-21-16-11-13(2)10-14(3)18(16)27-20/h10-12H,7-9H2,1-6H3. The summed E-state index contributed by atoms with van der Waals surface area (Å²) in [6, 6.07) is 6.10. The average molecular weight is 386 g/mol. The molecule has 144 valence electrons. The van der Waals surface area contributed by atoms with Gasteiger partial charge >= 0.3 is 0 Å². The molecule has 3 aromatic rings. The molecule has 0 aliphatic rings. The molecule has 0 N–H and O–H groups in total. The number of hydrogen-bond donors (Lipinski definition) is 0. The molecule has 0 unspecified atom stereocenters. The summed E-state index contributed by atoms with van der Waals surface area (Å²) in [4.78, 5) is 22.1. The Hall–Kier alpha value is -2.25. The van der Waals surface area contributed by atoms with Crippen LogP contribution < -0.4 is 4.90 Å². The lowest BCUT2D eigenvalue weighted by Crippen LogP contribution is -2.37. The highest BCUT2D eigenvalue weighted by molar-refractivity contribution is 7.22. The maximum Gasteiger partial charge on any atom is 0.278 e. The number of aryl methyl sites for hydroxylation is 4. The fourth-order valence-corrected chi connectivity index (χ4v) is 4.20. The first-order valence-electron chi connectivity index (χ1n) is 9.19. The molecule has 0 saturated carbocycles. The SMILES string of the molecule is CCn1nc(C)cc1C(=O)N(CCN(C)C)c1nc2cc(C)cc(C)c2s1. The van der Waals surface area contributed by atoms with Crippen molar-refractivity contribution >= 4 is 32.6 Å². The van der Waals surface area contributed by atoms with Crippen LogP contribution in [0.5, 0.6) is 0 Å². The van der Waals surface area contributed by atoms with Crippen LogP contribution in [-0.2, 0) is 6.54 Å². The molecule has 1 aromatic carbocycles. The maximum atomic E-state index is 13.4. The lowest BCUT2D eigenvalue weighted by Gasteiger charge is -2.22. The first kappa shape index (κ1) is 19.5. The Bertz CT molecular complexity index is 972. The second-order valence-corrected chi connectivity index (χ2v) is 8.15. The lowest BCUT2D eigenvalue weighted by molar-refractivity contribution is 0.0975. The zero-order valence-corrected chi connectivity index (χ0v) is 17.7. The molecule has 2 heterocycles. The molecule has 3 rings (SSSR count). The second kappa shape index (κ2) is 7.78. The van der Waals surface area contributed by atoms with Crippen molar-refractivity contribution < 1.29 is 4.79 Å². The van der Waals surface area contributed by atoms with E-state index in [1.54, 1.807) is 20.9 Å². The molecule has 0 fully saturated rings. The first-order chi connectivity index (χ1) is 12.8. The third kappa shape index (κ3) is 4.04. The highest BCUT2D eigenvalue weighted by Crippen LogP contribution is 2.32. The van der Waals surface area contributed by atoms with Crippen LogP contribution in [0.2, 0.25) is 0 Å². The summed E-state index contributed by atoms with van der Waals surface area (Å²) in [5.74, 6) is -0.0484. The number of amides is 1. The van der Waals surface area contributed by atoms with Crippen molar-refractivity contribution in [1.29, 1.82) is 0 Å². The Morgan fingerprint density at radius 1 is 1.15 bits per heavy atom. The van der Waals surface area contributed by atoms with Gasteiger partial charge in [-0.3, -0.25) is 14.4 Å². The topological polar surface area (TPSA) is 54.3 Å². The van der Waals surface area contributed by atoms with E-state index < -0.39 is 0 Å². The van der Waals surface area contributed by atoms with Crippen molar-refractivity contribution in [3.63, 3.8) is 0 Å². The molecule has 0 bridgehead atoms. The quantitative estimate of drug-likeness (QED) is 0.650. The normalized spacial score (nSPS) is 11.5. The maximum absolute atomic E-state index is 13.4. The third-order valence-electron chi connectivity index (χ3n) is 4.48. The molecule has 6 nitrogen and oxygen atoms in total. The number of aromatic nitrogens is 3. The number of benzene rings is 1. The monoisotopic (exact) mass is 385 g/mol. The van der Waals surface area contributed by atoms with E-state index in [0.717, 1.165) is 27.6 Å². The van der Waals surface area contributed by atoms with E-state index in [4.69, 9.17) is 4.98 Å². The predicted molar refractivity (Wildman–Crippen MR) is 112 cm³/mol. The predicted octanol–water partition coefficient (Wildman–Crippen LogP) is 3.65. The number of hydrogen-bond acceptors (Lipinski definition) is 5. The Balaban J connectivity index is 2.05. The van der Waals surface area contributed by atoms with Crippen molar-refractivity contribution in [2.45, 2.75) is 34.2 Å². The van der Waals surface area contributed by atoms with Crippen molar-refractivity contribution in [2.75, 3.05) is 32.1 Å². The summed E-state index contributed by atoms with van der Waals surface area (Å²) in [5.41, 5.74) is 4.80. The van der Waals surface area contributed by atoms with Crippen LogP contribution >= 0.6 is 11.3 Å². The van der Waals surface area contributed by atoms with Crippen molar-refractivity contribution in [2.24, 2.45) is 0 Å². The molecule has 0 spiro atoms. The van der Waals surface area contributed by atoms with Gasteiger partial charge in [0.25, 0.3) is 5.91 Å². The van der Waals surface area contributed by atoms with Crippen LogP contribution in [0, 0.1) is 20.8 Å². The lowest BCUT2D eigenvalue weighted by atomic mass is 10.1. The summed E-state index contributed by atoms with van der Waals surface area (Å²) < 4.78 is 2.90. The number of likely N-dealkylation sites (N-methyl/N-ethyl adjacent to an activating group) is 1. The minimum atomic E-state index is -0.0484.